The van der Waals surface area contributed by atoms with Crippen molar-refractivity contribution in [2.75, 3.05) is 23.7 Å². The predicted molar refractivity (Wildman–Crippen MR) is 80.1 cm³/mol. The summed E-state index contributed by atoms with van der Waals surface area (Å²) >= 11 is 0. The molecule has 0 saturated heterocycles. The lowest BCUT2D eigenvalue weighted by Crippen LogP contribution is -2.22. The second-order valence-electron chi connectivity index (χ2n) is 5.36. The van der Waals surface area contributed by atoms with Gasteiger partial charge in [0.15, 0.2) is 0 Å². The first-order valence-corrected chi connectivity index (χ1v) is 7.45. The molecular weight excluding hydrogens is 220 g/mol. The van der Waals surface area contributed by atoms with Gasteiger partial charge >= 0.3 is 0 Å². The van der Waals surface area contributed by atoms with E-state index in [-0.39, 0.29) is 0 Å². The van der Waals surface area contributed by atoms with Crippen LogP contribution in [0.25, 0.3) is 0 Å². The molecule has 0 atom stereocenters. The van der Waals surface area contributed by atoms with Gasteiger partial charge in [-0.05, 0) is 24.5 Å². The molecule has 0 bridgehead atoms. The van der Waals surface area contributed by atoms with Gasteiger partial charge in [-0.3, -0.25) is 0 Å². The number of nitrogens with two attached hydrogens (primary N) is 1. The van der Waals surface area contributed by atoms with Gasteiger partial charge in [-0.15, -0.1) is 0 Å². The number of nitrogens with zero attached hydrogens (tertiary/aromatic N) is 1. The van der Waals surface area contributed by atoms with Gasteiger partial charge in [-0.1, -0.05) is 51.2 Å². The van der Waals surface area contributed by atoms with Gasteiger partial charge in [-0.25, -0.2) is 0 Å². The minimum absolute atomic E-state index is 0.955. The van der Waals surface area contributed by atoms with Crippen molar-refractivity contribution in [1.29, 1.82) is 0 Å². The molecule has 1 aliphatic rings. The number of para-hydroxylation sites is 1. The third kappa shape index (κ3) is 3.18. The van der Waals surface area contributed by atoms with Gasteiger partial charge in [-0.2, -0.15) is 0 Å². The molecule has 2 heteroatoms. The number of hydrogen-bond acceptors (Lipinski definition) is 2. The van der Waals surface area contributed by atoms with Crippen LogP contribution in [0.5, 0.6) is 0 Å². The highest BCUT2D eigenvalue weighted by Crippen LogP contribution is 2.33. The molecule has 100 valence electrons. The summed E-state index contributed by atoms with van der Waals surface area (Å²) in [5.74, 6) is 0. The Kier molecular flexibility index (Phi) is 4.91. The summed E-state index contributed by atoms with van der Waals surface area (Å²) in [7, 11) is 0. The molecule has 2 rings (SSSR count). The third-order valence-corrected chi connectivity index (χ3v) is 3.90. The fraction of sp³-hybridized carbons (Fsp3) is 0.625. The second-order valence-corrected chi connectivity index (χ2v) is 5.36. The molecule has 1 aliphatic heterocycles. The van der Waals surface area contributed by atoms with Crippen molar-refractivity contribution >= 4 is 11.4 Å². The number of benzene rings is 1. The summed E-state index contributed by atoms with van der Waals surface area (Å²) in [6.45, 7) is 4.59. The van der Waals surface area contributed by atoms with E-state index in [4.69, 9.17) is 5.73 Å². The first-order valence-electron chi connectivity index (χ1n) is 7.45. The molecule has 0 fully saturated rings. The SMILES string of the molecule is CCCCCCCCN1CCc2cccc(N)c21. The van der Waals surface area contributed by atoms with Gasteiger partial charge in [0.05, 0.1) is 11.4 Å². The van der Waals surface area contributed by atoms with E-state index < -0.39 is 0 Å². The standard InChI is InChI=1S/C16H26N2/c1-2-3-4-5-6-7-12-18-13-11-14-9-8-10-15(17)16(14)18/h8-10H,2-7,11-13,17H2,1H3. The zero-order valence-electron chi connectivity index (χ0n) is 11.6. The molecule has 0 amide bonds. The molecule has 1 heterocycles. The number of anilines is 2. The van der Waals surface area contributed by atoms with Crippen LogP contribution in [-0.2, 0) is 6.42 Å². The lowest BCUT2D eigenvalue weighted by atomic mass is 10.1. The number of fused-ring (bicyclic) bond motifs is 1. The minimum atomic E-state index is 0.955. The molecule has 0 aliphatic carbocycles. The van der Waals surface area contributed by atoms with Crippen molar-refractivity contribution in [3.05, 3.63) is 23.8 Å². The zero-order valence-corrected chi connectivity index (χ0v) is 11.6. The fourth-order valence-electron chi connectivity index (χ4n) is 2.87. The summed E-state index contributed by atoms with van der Waals surface area (Å²) < 4.78 is 0. The Morgan fingerprint density at radius 2 is 1.89 bits per heavy atom. The molecular formula is C16H26N2. The van der Waals surface area contributed by atoms with Gasteiger partial charge in [0.2, 0.25) is 0 Å². The monoisotopic (exact) mass is 246 g/mol. The summed E-state index contributed by atoms with van der Waals surface area (Å²) in [4.78, 5) is 2.48. The van der Waals surface area contributed by atoms with E-state index in [2.05, 4.69) is 24.0 Å². The first-order chi connectivity index (χ1) is 8.83. The van der Waals surface area contributed by atoms with Gasteiger partial charge in [0, 0.05) is 13.1 Å². The Morgan fingerprint density at radius 1 is 1.11 bits per heavy atom. The van der Waals surface area contributed by atoms with Gasteiger partial charge in [0.1, 0.15) is 0 Å². The van der Waals surface area contributed by atoms with E-state index in [1.165, 1.54) is 56.3 Å². The van der Waals surface area contributed by atoms with Crippen LogP contribution < -0.4 is 10.6 Å². The average molecular weight is 246 g/mol. The molecule has 0 unspecified atom stereocenters. The maximum Gasteiger partial charge on any atom is 0.0633 e. The molecule has 1 aromatic carbocycles. The number of rotatable bonds is 7. The van der Waals surface area contributed by atoms with Crippen molar-refractivity contribution in [2.45, 2.75) is 51.9 Å². The highest BCUT2D eigenvalue weighted by Gasteiger charge is 2.20. The molecule has 18 heavy (non-hydrogen) atoms. The topological polar surface area (TPSA) is 29.3 Å². The molecule has 0 radical (unpaired) electrons. The molecule has 2 N–H and O–H groups in total. The first kappa shape index (κ1) is 13.3. The highest BCUT2D eigenvalue weighted by atomic mass is 15.2. The van der Waals surface area contributed by atoms with E-state index in [1.807, 2.05) is 6.07 Å². The fourth-order valence-corrected chi connectivity index (χ4v) is 2.87. The number of hydrogen-bond donors (Lipinski definition) is 1. The second kappa shape index (κ2) is 6.67. The smallest absolute Gasteiger partial charge is 0.0633 e. The maximum absolute atomic E-state index is 6.09. The zero-order chi connectivity index (χ0) is 12.8. The van der Waals surface area contributed by atoms with Crippen molar-refractivity contribution in [3.63, 3.8) is 0 Å². The Hall–Kier alpha value is -1.18. The predicted octanol–water partition coefficient (Wildman–Crippen LogP) is 3.99. The minimum Gasteiger partial charge on any atom is -0.397 e. The van der Waals surface area contributed by atoms with E-state index >= 15 is 0 Å². The molecule has 2 nitrogen and oxygen atoms in total. The largest absolute Gasteiger partial charge is 0.397 e. The van der Waals surface area contributed by atoms with Crippen LogP contribution in [0.15, 0.2) is 18.2 Å². The molecule has 0 saturated carbocycles. The quantitative estimate of drug-likeness (QED) is 0.582. The highest BCUT2D eigenvalue weighted by molar-refractivity contribution is 5.74. The maximum atomic E-state index is 6.09. The Balaban J connectivity index is 1.76. The summed E-state index contributed by atoms with van der Waals surface area (Å²) in [5, 5.41) is 0. The van der Waals surface area contributed by atoms with Crippen molar-refractivity contribution in [3.8, 4) is 0 Å². The van der Waals surface area contributed by atoms with Crippen LogP contribution in [0.2, 0.25) is 0 Å². The lowest BCUT2D eigenvalue weighted by molar-refractivity contribution is 0.602. The van der Waals surface area contributed by atoms with E-state index in [1.54, 1.807) is 0 Å². The number of unbranched alkanes of at least 4 members (excludes halogenated alkanes) is 5. The van der Waals surface area contributed by atoms with Crippen LogP contribution in [0.1, 0.15) is 51.0 Å². The Labute approximate surface area is 111 Å². The van der Waals surface area contributed by atoms with Gasteiger partial charge in [0.25, 0.3) is 0 Å². The molecule has 1 aromatic rings. The van der Waals surface area contributed by atoms with Gasteiger partial charge < -0.3 is 10.6 Å². The summed E-state index contributed by atoms with van der Waals surface area (Å²) in [5.41, 5.74) is 9.79. The van der Waals surface area contributed by atoms with Crippen LogP contribution >= 0.6 is 0 Å². The van der Waals surface area contributed by atoms with Crippen LogP contribution in [0.3, 0.4) is 0 Å². The summed E-state index contributed by atoms with van der Waals surface area (Å²) in [6.07, 6.45) is 9.33. The normalized spacial score (nSPS) is 13.9. The number of nitrogen functional groups attached to an aromatic ring is 1. The van der Waals surface area contributed by atoms with Crippen LogP contribution in [-0.4, -0.2) is 13.1 Å². The lowest BCUT2D eigenvalue weighted by Gasteiger charge is -2.20. The average Bonchev–Trinajstić information content (AvgIpc) is 2.78. The van der Waals surface area contributed by atoms with Crippen LogP contribution in [0, 0.1) is 0 Å². The molecule has 0 spiro atoms. The Bertz CT molecular complexity index is 373. The third-order valence-electron chi connectivity index (χ3n) is 3.90. The Morgan fingerprint density at radius 3 is 2.72 bits per heavy atom. The van der Waals surface area contributed by atoms with Crippen molar-refractivity contribution in [2.24, 2.45) is 0 Å². The van der Waals surface area contributed by atoms with Crippen molar-refractivity contribution in [1.82, 2.24) is 0 Å². The van der Waals surface area contributed by atoms with E-state index in [0.29, 0.717) is 0 Å². The molecule has 0 aromatic heterocycles. The van der Waals surface area contributed by atoms with Crippen LogP contribution in [0.4, 0.5) is 11.4 Å². The summed E-state index contributed by atoms with van der Waals surface area (Å²) in [6, 6.07) is 6.31. The van der Waals surface area contributed by atoms with E-state index in [9.17, 15) is 0 Å². The van der Waals surface area contributed by atoms with E-state index in [0.717, 1.165) is 18.7 Å². The van der Waals surface area contributed by atoms with Crippen molar-refractivity contribution < 1.29 is 0 Å².